The van der Waals surface area contributed by atoms with Crippen LogP contribution in [-0.2, 0) is 5.60 Å². The summed E-state index contributed by atoms with van der Waals surface area (Å²) in [6, 6.07) is 7.14. The third-order valence-corrected chi connectivity index (χ3v) is 4.76. The van der Waals surface area contributed by atoms with Crippen molar-refractivity contribution in [1.82, 2.24) is 4.90 Å². The summed E-state index contributed by atoms with van der Waals surface area (Å²) < 4.78 is 66.0. The molecule has 31 heavy (non-hydrogen) atoms. The molecular weight excluding hydrogens is 416 g/mol. The van der Waals surface area contributed by atoms with E-state index in [0.717, 1.165) is 19.1 Å². The lowest BCUT2D eigenvalue weighted by atomic mass is 9.84. The summed E-state index contributed by atoms with van der Waals surface area (Å²) in [5.41, 5.74) is -3.66. The average Bonchev–Trinajstić information content (AvgIpc) is 2.70. The fourth-order valence-corrected chi connectivity index (χ4v) is 2.96. The molecule has 0 aromatic heterocycles. The molecule has 9 heteroatoms. The van der Waals surface area contributed by atoms with Crippen LogP contribution in [0.3, 0.4) is 0 Å². The molecule has 0 amide bonds. The molecule has 0 spiro atoms. The number of hydrogen-bond donors (Lipinski definition) is 1. The molecule has 2 rings (SSSR count). The molecule has 0 saturated carbocycles. The van der Waals surface area contributed by atoms with Crippen molar-refractivity contribution in [3.8, 4) is 11.5 Å². The maximum absolute atomic E-state index is 14.3. The van der Waals surface area contributed by atoms with Crippen molar-refractivity contribution in [2.24, 2.45) is 4.99 Å². The van der Waals surface area contributed by atoms with Gasteiger partial charge in [0.2, 0.25) is 12.0 Å². The Labute approximate surface area is 178 Å². The van der Waals surface area contributed by atoms with E-state index in [-0.39, 0.29) is 11.5 Å². The van der Waals surface area contributed by atoms with Gasteiger partial charge in [0, 0.05) is 37.7 Å². The van der Waals surface area contributed by atoms with Crippen molar-refractivity contribution in [1.29, 1.82) is 0 Å². The number of aliphatic hydroxyl groups is 1. The van der Waals surface area contributed by atoms with E-state index in [1.54, 1.807) is 25.2 Å². The predicted molar refractivity (Wildman–Crippen MR) is 111 cm³/mol. The summed E-state index contributed by atoms with van der Waals surface area (Å²) in [7, 11) is 3.01. The molecule has 0 heterocycles. The molecule has 0 bridgehead atoms. The van der Waals surface area contributed by atoms with E-state index >= 15 is 0 Å². The maximum Gasteiger partial charge on any atom is 0.425 e. The highest BCUT2D eigenvalue weighted by atomic mass is 19.4. The Hall–Kier alpha value is -2.81. The minimum atomic E-state index is -5.11. The highest BCUT2D eigenvalue weighted by molar-refractivity contribution is 5.66. The maximum atomic E-state index is 14.3. The largest absolute Gasteiger partial charge is 0.496 e. The summed E-state index contributed by atoms with van der Waals surface area (Å²) in [5, 5.41) is 11.0. The Balaban J connectivity index is 2.69. The fourth-order valence-electron chi connectivity index (χ4n) is 2.96. The Bertz CT molecular complexity index is 931. The van der Waals surface area contributed by atoms with Crippen LogP contribution in [0.15, 0.2) is 41.4 Å². The number of aryl methyl sites for hydroxylation is 1. The Morgan fingerprint density at radius 3 is 2.45 bits per heavy atom. The van der Waals surface area contributed by atoms with Crippen LogP contribution in [0.5, 0.6) is 11.5 Å². The number of ether oxygens (including phenoxy) is 2. The normalized spacial score (nSPS) is 14.9. The molecule has 2 unspecified atom stereocenters. The molecule has 2 atom stereocenters. The highest BCUT2D eigenvalue weighted by Crippen LogP contribution is 2.49. The van der Waals surface area contributed by atoms with Gasteiger partial charge in [-0.1, -0.05) is 12.1 Å². The van der Waals surface area contributed by atoms with Crippen LogP contribution in [0.4, 0.5) is 23.2 Å². The first-order chi connectivity index (χ1) is 14.4. The summed E-state index contributed by atoms with van der Waals surface area (Å²) in [4.78, 5) is 6.08. The monoisotopic (exact) mass is 442 g/mol. The van der Waals surface area contributed by atoms with Gasteiger partial charge in [0.25, 0.3) is 0 Å². The second-order valence-corrected chi connectivity index (χ2v) is 7.05. The summed E-state index contributed by atoms with van der Waals surface area (Å²) in [6.45, 7) is 5.31. The van der Waals surface area contributed by atoms with Gasteiger partial charge in [0.15, 0.2) is 0 Å². The predicted octanol–water partition coefficient (Wildman–Crippen LogP) is 5.11. The number of methoxy groups -OCH3 is 1. The van der Waals surface area contributed by atoms with Gasteiger partial charge in [0.05, 0.1) is 19.1 Å². The average molecular weight is 442 g/mol. The number of hydrogen-bond acceptors (Lipinski definition) is 4. The van der Waals surface area contributed by atoms with Gasteiger partial charge < -0.3 is 19.5 Å². The SMILES string of the molecule is CCN(C)C=Nc1cc(OC)c(C(O)(c2cccc(OC(C)F)c2)C(F)(F)F)cc1C. The van der Waals surface area contributed by atoms with E-state index in [1.807, 2.05) is 6.92 Å². The zero-order chi connectivity index (χ0) is 23.4. The molecule has 1 N–H and O–H groups in total. The summed E-state index contributed by atoms with van der Waals surface area (Å²) in [5.74, 6) is -0.336. The molecule has 0 fully saturated rings. The number of rotatable bonds is 8. The molecule has 0 aliphatic rings. The zero-order valence-corrected chi connectivity index (χ0v) is 18.0. The molecular formula is C22H26F4N2O3. The van der Waals surface area contributed by atoms with Crippen LogP contribution >= 0.6 is 0 Å². The summed E-state index contributed by atoms with van der Waals surface area (Å²) >= 11 is 0. The smallest absolute Gasteiger partial charge is 0.425 e. The number of benzene rings is 2. The third-order valence-electron chi connectivity index (χ3n) is 4.76. The van der Waals surface area contributed by atoms with Crippen LogP contribution < -0.4 is 9.47 Å². The van der Waals surface area contributed by atoms with E-state index in [9.17, 15) is 22.7 Å². The minimum Gasteiger partial charge on any atom is -0.496 e. The van der Waals surface area contributed by atoms with Gasteiger partial charge in [-0.3, -0.25) is 0 Å². The van der Waals surface area contributed by atoms with Crippen molar-refractivity contribution in [3.05, 3.63) is 53.1 Å². The lowest BCUT2D eigenvalue weighted by molar-refractivity contribution is -0.248. The Kier molecular flexibility index (Phi) is 7.54. The molecule has 0 radical (unpaired) electrons. The van der Waals surface area contributed by atoms with E-state index in [0.29, 0.717) is 17.8 Å². The third kappa shape index (κ3) is 5.28. The van der Waals surface area contributed by atoms with E-state index in [2.05, 4.69) is 4.99 Å². The van der Waals surface area contributed by atoms with Crippen molar-refractivity contribution in [2.45, 2.75) is 38.9 Å². The highest BCUT2D eigenvalue weighted by Gasteiger charge is 2.58. The van der Waals surface area contributed by atoms with Crippen molar-refractivity contribution < 1.29 is 32.1 Å². The van der Waals surface area contributed by atoms with Crippen LogP contribution in [0.25, 0.3) is 0 Å². The van der Waals surface area contributed by atoms with Gasteiger partial charge >= 0.3 is 6.18 Å². The zero-order valence-electron chi connectivity index (χ0n) is 18.0. The lowest BCUT2D eigenvalue weighted by Gasteiger charge is -2.33. The summed E-state index contributed by atoms with van der Waals surface area (Å²) in [6.07, 6.45) is -5.29. The quantitative estimate of drug-likeness (QED) is 0.351. The fraction of sp³-hybridized carbons (Fsp3) is 0.409. The van der Waals surface area contributed by atoms with Crippen molar-refractivity contribution in [2.75, 3.05) is 20.7 Å². The first kappa shape index (κ1) is 24.5. The first-order valence-electron chi connectivity index (χ1n) is 9.57. The van der Waals surface area contributed by atoms with Crippen LogP contribution in [0.1, 0.15) is 30.5 Å². The standard InChI is InChI=1S/C22H26F4N2O3/c1-6-28(4)13-27-19-12-20(30-5)18(10-14(19)2)21(29,22(24,25)26)16-8-7-9-17(11-16)31-15(3)23/h7-13,15,29H,6H2,1-5H3. The van der Waals surface area contributed by atoms with Gasteiger partial charge in [-0.15, -0.1) is 0 Å². The number of alkyl halides is 4. The topological polar surface area (TPSA) is 54.3 Å². The lowest BCUT2D eigenvalue weighted by Crippen LogP contribution is -2.43. The van der Waals surface area contributed by atoms with Crippen molar-refractivity contribution in [3.63, 3.8) is 0 Å². The minimum absolute atomic E-state index is 0.144. The van der Waals surface area contributed by atoms with Gasteiger partial charge in [-0.05, 0) is 37.6 Å². The number of nitrogens with zero attached hydrogens (tertiary/aromatic N) is 2. The number of halogens is 4. The van der Waals surface area contributed by atoms with Crippen LogP contribution in [0.2, 0.25) is 0 Å². The molecule has 0 aliphatic heterocycles. The Morgan fingerprint density at radius 2 is 1.90 bits per heavy atom. The van der Waals surface area contributed by atoms with E-state index in [4.69, 9.17) is 9.47 Å². The van der Waals surface area contributed by atoms with Gasteiger partial charge in [0.1, 0.15) is 11.5 Å². The molecule has 5 nitrogen and oxygen atoms in total. The van der Waals surface area contributed by atoms with E-state index in [1.165, 1.54) is 31.4 Å². The molecule has 2 aromatic rings. The molecule has 0 aliphatic carbocycles. The van der Waals surface area contributed by atoms with Gasteiger partial charge in [-0.2, -0.15) is 13.2 Å². The first-order valence-corrected chi connectivity index (χ1v) is 9.57. The molecule has 0 saturated heterocycles. The van der Waals surface area contributed by atoms with E-state index < -0.39 is 29.3 Å². The van der Waals surface area contributed by atoms with Crippen LogP contribution in [-0.4, -0.2) is 49.6 Å². The number of aliphatic imine (C=N–C) groups is 1. The van der Waals surface area contributed by atoms with Crippen LogP contribution in [0, 0.1) is 6.92 Å². The second-order valence-electron chi connectivity index (χ2n) is 7.05. The molecule has 170 valence electrons. The Morgan fingerprint density at radius 1 is 1.23 bits per heavy atom. The second kappa shape index (κ2) is 9.55. The van der Waals surface area contributed by atoms with Gasteiger partial charge in [-0.25, -0.2) is 9.38 Å². The molecule has 2 aromatic carbocycles. The van der Waals surface area contributed by atoms with Crippen molar-refractivity contribution >= 4 is 12.0 Å².